The van der Waals surface area contributed by atoms with Gasteiger partial charge in [-0.2, -0.15) is 13.2 Å². The average Bonchev–Trinajstić information content (AvgIpc) is 2.37. The van der Waals surface area contributed by atoms with E-state index >= 15 is 0 Å². The van der Waals surface area contributed by atoms with E-state index in [1.165, 1.54) is 6.07 Å². The Balaban J connectivity index is 3.25. The zero-order chi connectivity index (χ0) is 16.2. The molecule has 0 radical (unpaired) electrons. The second-order valence-electron chi connectivity index (χ2n) is 5.38. The summed E-state index contributed by atoms with van der Waals surface area (Å²) in [5, 5.41) is 0.412. The standard InChI is InChI=1S/C15H22BrF3N2/c1-5-21(11(2)10-20(3)4)14-7-6-12(9-16)8-13(14)15(17,18)19/h6-8,11H,5,9-10H2,1-4H3. The lowest BCUT2D eigenvalue weighted by atomic mass is 10.1. The van der Waals surface area contributed by atoms with Crippen molar-refractivity contribution in [3.8, 4) is 0 Å². The van der Waals surface area contributed by atoms with Gasteiger partial charge in [0.05, 0.1) is 5.56 Å². The molecular weight excluding hydrogens is 345 g/mol. The van der Waals surface area contributed by atoms with Crippen molar-refractivity contribution in [1.29, 1.82) is 0 Å². The lowest BCUT2D eigenvalue weighted by molar-refractivity contribution is -0.137. The first-order chi connectivity index (χ1) is 9.70. The first kappa shape index (κ1) is 18.3. The van der Waals surface area contributed by atoms with E-state index in [1.807, 2.05) is 32.8 Å². The van der Waals surface area contributed by atoms with Gasteiger partial charge in [-0.25, -0.2) is 0 Å². The van der Waals surface area contributed by atoms with Gasteiger partial charge < -0.3 is 9.80 Å². The highest BCUT2D eigenvalue weighted by molar-refractivity contribution is 9.08. The quantitative estimate of drug-likeness (QED) is 0.689. The maximum Gasteiger partial charge on any atom is 0.418 e. The Morgan fingerprint density at radius 2 is 1.86 bits per heavy atom. The van der Waals surface area contributed by atoms with Crippen LogP contribution in [0.2, 0.25) is 0 Å². The monoisotopic (exact) mass is 366 g/mol. The molecule has 1 aromatic rings. The average molecular weight is 367 g/mol. The van der Waals surface area contributed by atoms with E-state index in [0.29, 0.717) is 24.0 Å². The third kappa shape index (κ3) is 4.88. The molecule has 0 aliphatic carbocycles. The van der Waals surface area contributed by atoms with Crippen molar-refractivity contribution in [2.45, 2.75) is 31.4 Å². The largest absolute Gasteiger partial charge is 0.418 e. The van der Waals surface area contributed by atoms with E-state index < -0.39 is 11.7 Å². The highest BCUT2D eigenvalue weighted by Gasteiger charge is 2.35. The van der Waals surface area contributed by atoms with Crippen molar-refractivity contribution in [2.24, 2.45) is 0 Å². The summed E-state index contributed by atoms with van der Waals surface area (Å²) in [5.74, 6) is 0. The van der Waals surface area contributed by atoms with Gasteiger partial charge in [-0.05, 0) is 45.6 Å². The van der Waals surface area contributed by atoms with E-state index in [2.05, 4.69) is 15.9 Å². The van der Waals surface area contributed by atoms with Crippen LogP contribution in [0.3, 0.4) is 0 Å². The van der Waals surface area contributed by atoms with Crippen molar-refractivity contribution in [3.05, 3.63) is 29.3 Å². The SMILES string of the molecule is CCN(c1ccc(CBr)cc1C(F)(F)F)C(C)CN(C)C. The minimum absolute atomic E-state index is 0.000852. The molecule has 0 N–H and O–H groups in total. The molecule has 1 rings (SSSR count). The Morgan fingerprint density at radius 3 is 2.29 bits per heavy atom. The summed E-state index contributed by atoms with van der Waals surface area (Å²) in [6.07, 6.45) is -4.35. The molecule has 0 aliphatic rings. The lowest BCUT2D eigenvalue weighted by Crippen LogP contribution is -2.41. The number of likely N-dealkylation sites (N-methyl/N-ethyl adjacent to an activating group) is 2. The number of hydrogen-bond acceptors (Lipinski definition) is 2. The number of alkyl halides is 4. The van der Waals surface area contributed by atoms with E-state index in [4.69, 9.17) is 0 Å². The van der Waals surface area contributed by atoms with Gasteiger partial charge >= 0.3 is 6.18 Å². The number of rotatable bonds is 6. The van der Waals surface area contributed by atoms with Crippen LogP contribution in [0.25, 0.3) is 0 Å². The summed E-state index contributed by atoms with van der Waals surface area (Å²) < 4.78 is 40.0. The zero-order valence-electron chi connectivity index (χ0n) is 12.8. The van der Waals surface area contributed by atoms with Crippen molar-refractivity contribution >= 4 is 21.6 Å². The third-order valence-corrected chi connectivity index (χ3v) is 3.98. The molecule has 0 bridgehead atoms. The molecular formula is C15H22BrF3N2. The smallest absolute Gasteiger partial charge is 0.367 e. The lowest BCUT2D eigenvalue weighted by Gasteiger charge is -2.34. The van der Waals surface area contributed by atoms with E-state index in [9.17, 15) is 13.2 Å². The van der Waals surface area contributed by atoms with Crippen LogP contribution in [0.15, 0.2) is 18.2 Å². The second kappa shape index (κ2) is 7.49. The van der Waals surface area contributed by atoms with Gasteiger partial charge in [0.1, 0.15) is 0 Å². The molecule has 0 spiro atoms. The highest BCUT2D eigenvalue weighted by atomic mass is 79.9. The summed E-state index contributed by atoms with van der Waals surface area (Å²) in [6, 6.07) is 4.55. The normalized spacial score (nSPS) is 13.6. The van der Waals surface area contributed by atoms with Crippen molar-refractivity contribution in [3.63, 3.8) is 0 Å². The number of anilines is 1. The molecule has 0 saturated carbocycles. The molecule has 21 heavy (non-hydrogen) atoms. The van der Waals surface area contributed by atoms with Gasteiger partial charge in [0.25, 0.3) is 0 Å². The van der Waals surface area contributed by atoms with Gasteiger partial charge in [-0.15, -0.1) is 0 Å². The molecule has 0 amide bonds. The Hall–Kier alpha value is -0.750. The topological polar surface area (TPSA) is 6.48 Å². The maximum atomic E-state index is 13.3. The summed E-state index contributed by atoms with van der Waals surface area (Å²) in [5.41, 5.74) is 0.318. The summed E-state index contributed by atoms with van der Waals surface area (Å²) >= 11 is 3.21. The molecule has 1 atom stereocenters. The van der Waals surface area contributed by atoms with Crippen LogP contribution in [0.5, 0.6) is 0 Å². The molecule has 1 aromatic carbocycles. The molecule has 1 unspecified atom stereocenters. The van der Waals surface area contributed by atoms with Gasteiger partial charge in [0.15, 0.2) is 0 Å². The van der Waals surface area contributed by atoms with Crippen LogP contribution in [-0.2, 0) is 11.5 Å². The number of hydrogen-bond donors (Lipinski definition) is 0. The number of halogens is 4. The van der Waals surface area contributed by atoms with Crippen LogP contribution < -0.4 is 4.90 Å². The molecule has 120 valence electrons. The Bertz CT molecular complexity index is 461. The molecule has 2 nitrogen and oxygen atoms in total. The molecule has 0 aliphatic heterocycles. The summed E-state index contributed by atoms with van der Waals surface area (Å²) in [6.45, 7) is 5.06. The molecule has 6 heteroatoms. The minimum Gasteiger partial charge on any atom is -0.367 e. The minimum atomic E-state index is -4.35. The Morgan fingerprint density at radius 1 is 1.24 bits per heavy atom. The third-order valence-electron chi connectivity index (χ3n) is 3.33. The Labute approximate surface area is 133 Å². The van der Waals surface area contributed by atoms with Crippen LogP contribution in [0.4, 0.5) is 18.9 Å². The van der Waals surface area contributed by atoms with Gasteiger partial charge in [-0.3, -0.25) is 0 Å². The Kier molecular flexibility index (Phi) is 6.53. The van der Waals surface area contributed by atoms with Gasteiger partial charge in [0.2, 0.25) is 0 Å². The predicted molar refractivity (Wildman–Crippen MR) is 85.1 cm³/mol. The molecule has 0 heterocycles. The van der Waals surface area contributed by atoms with Crippen molar-refractivity contribution < 1.29 is 13.2 Å². The van der Waals surface area contributed by atoms with E-state index in [1.54, 1.807) is 17.0 Å². The van der Waals surface area contributed by atoms with E-state index in [0.717, 1.165) is 0 Å². The van der Waals surface area contributed by atoms with Crippen LogP contribution in [-0.4, -0.2) is 38.1 Å². The van der Waals surface area contributed by atoms with Crippen LogP contribution >= 0.6 is 15.9 Å². The molecule has 0 saturated heterocycles. The summed E-state index contributed by atoms with van der Waals surface area (Å²) in [4.78, 5) is 3.79. The summed E-state index contributed by atoms with van der Waals surface area (Å²) in [7, 11) is 3.84. The number of benzene rings is 1. The molecule has 0 fully saturated rings. The predicted octanol–water partition coefficient (Wildman–Crippen LogP) is 4.38. The van der Waals surface area contributed by atoms with E-state index in [-0.39, 0.29) is 11.7 Å². The zero-order valence-corrected chi connectivity index (χ0v) is 14.4. The highest BCUT2D eigenvalue weighted by Crippen LogP contribution is 2.38. The van der Waals surface area contributed by atoms with Crippen molar-refractivity contribution in [1.82, 2.24) is 4.90 Å². The maximum absolute atomic E-state index is 13.3. The van der Waals surface area contributed by atoms with Gasteiger partial charge in [0, 0.05) is 30.1 Å². The first-order valence-electron chi connectivity index (χ1n) is 6.88. The fourth-order valence-corrected chi connectivity index (χ4v) is 2.84. The second-order valence-corrected chi connectivity index (χ2v) is 5.94. The fraction of sp³-hybridized carbons (Fsp3) is 0.600. The number of nitrogens with zero attached hydrogens (tertiary/aromatic N) is 2. The fourth-order valence-electron chi connectivity index (χ4n) is 2.49. The van der Waals surface area contributed by atoms with Crippen LogP contribution in [0.1, 0.15) is 25.0 Å². The van der Waals surface area contributed by atoms with Crippen LogP contribution in [0, 0.1) is 0 Å². The first-order valence-corrected chi connectivity index (χ1v) is 8.00. The van der Waals surface area contributed by atoms with Crippen molar-refractivity contribution in [2.75, 3.05) is 32.1 Å². The van der Waals surface area contributed by atoms with Gasteiger partial charge in [-0.1, -0.05) is 22.0 Å². The molecule has 0 aromatic heterocycles.